The molecule has 1 unspecified atom stereocenters. The van der Waals surface area contributed by atoms with Crippen molar-refractivity contribution in [3.8, 4) is 0 Å². The lowest BCUT2D eigenvalue weighted by Gasteiger charge is -2.18. The average molecular weight is 402 g/mol. The summed E-state index contributed by atoms with van der Waals surface area (Å²) in [7, 11) is 1.28. The van der Waals surface area contributed by atoms with Gasteiger partial charge in [-0.1, -0.05) is 30.3 Å². The molecule has 0 aliphatic carbocycles. The van der Waals surface area contributed by atoms with Crippen molar-refractivity contribution in [1.82, 2.24) is 14.9 Å². The molecule has 2 aromatic rings. The molecule has 0 saturated carbocycles. The summed E-state index contributed by atoms with van der Waals surface area (Å²) in [5.41, 5.74) is 7.00. The van der Waals surface area contributed by atoms with E-state index in [1.807, 2.05) is 30.3 Å². The molecule has 0 spiro atoms. The first kappa shape index (κ1) is 22.1. The number of nitrogens with zero attached hydrogens (tertiary/aromatic N) is 2. The van der Waals surface area contributed by atoms with Crippen LogP contribution in [0.4, 0.5) is 4.79 Å². The van der Waals surface area contributed by atoms with E-state index in [0.29, 0.717) is 12.1 Å². The van der Waals surface area contributed by atoms with E-state index in [1.54, 1.807) is 6.92 Å². The van der Waals surface area contributed by atoms with Gasteiger partial charge in [-0.25, -0.2) is 14.3 Å². The third-order valence-electron chi connectivity index (χ3n) is 4.21. The second-order valence-corrected chi connectivity index (χ2v) is 6.58. The SMILES string of the molecule is COC(=O)n1cnc(C[C@@H](C)NC(=O)C(CCN)C(=O)OCc2ccccc2)c1. The smallest absolute Gasteiger partial charge is 0.418 e. The summed E-state index contributed by atoms with van der Waals surface area (Å²) >= 11 is 0. The summed E-state index contributed by atoms with van der Waals surface area (Å²) in [5.74, 6) is -2.05. The van der Waals surface area contributed by atoms with Gasteiger partial charge < -0.3 is 20.5 Å². The topological polar surface area (TPSA) is 126 Å². The van der Waals surface area contributed by atoms with Crippen LogP contribution < -0.4 is 11.1 Å². The second kappa shape index (κ2) is 11.0. The second-order valence-electron chi connectivity index (χ2n) is 6.58. The zero-order valence-electron chi connectivity index (χ0n) is 16.5. The van der Waals surface area contributed by atoms with Crippen molar-refractivity contribution in [2.24, 2.45) is 11.7 Å². The van der Waals surface area contributed by atoms with Crippen molar-refractivity contribution in [2.45, 2.75) is 32.4 Å². The average Bonchev–Trinajstić information content (AvgIpc) is 3.18. The van der Waals surface area contributed by atoms with Gasteiger partial charge in [0.2, 0.25) is 5.91 Å². The lowest BCUT2D eigenvalue weighted by molar-refractivity contribution is -0.154. The number of hydrogen-bond donors (Lipinski definition) is 2. The quantitative estimate of drug-likeness (QED) is 0.478. The minimum Gasteiger partial charge on any atom is -0.460 e. The lowest BCUT2D eigenvalue weighted by atomic mass is 10.0. The van der Waals surface area contributed by atoms with Crippen LogP contribution in [-0.4, -0.2) is 47.2 Å². The van der Waals surface area contributed by atoms with Gasteiger partial charge in [0.15, 0.2) is 0 Å². The minimum absolute atomic E-state index is 0.0918. The highest BCUT2D eigenvalue weighted by Gasteiger charge is 2.28. The number of imidazole rings is 1. The van der Waals surface area contributed by atoms with E-state index in [4.69, 9.17) is 10.5 Å². The van der Waals surface area contributed by atoms with E-state index in [0.717, 1.165) is 5.56 Å². The van der Waals surface area contributed by atoms with Crippen molar-refractivity contribution in [3.05, 3.63) is 54.1 Å². The van der Waals surface area contributed by atoms with Crippen LogP contribution in [0.25, 0.3) is 0 Å². The summed E-state index contributed by atoms with van der Waals surface area (Å²) in [4.78, 5) is 40.5. The van der Waals surface area contributed by atoms with Gasteiger partial charge >= 0.3 is 12.1 Å². The van der Waals surface area contributed by atoms with E-state index in [-0.39, 0.29) is 25.6 Å². The highest BCUT2D eigenvalue weighted by Crippen LogP contribution is 2.10. The van der Waals surface area contributed by atoms with Crippen LogP contribution in [0.3, 0.4) is 0 Å². The highest BCUT2D eigenvalue weighted by atomic mass is 16.5. The van der Waals surface area contributed by atoms with Gasteiger partial charge in [-0.05, 0) is 25.5 Å². The van der Waals surface area contributed by atoms with E-state index < -0.39 is 23.9 Å². The number of hydrogen-bond acceptors (Lipinski definition) is 7. The molecule has 0 aliphatic heterocycles. The van der Waals surface area contributed by atoms with Crippen LogP contribution >= 0.6 is 0 Å². The number of amides is 1. The maximum atomic E-state index is 12.6. The maximum absolute atomic E-state index is 12.6. The Morgan fingerprint density at radius 2 is 1.97 bits per heavy atom. The Balaban J connectivity index is 1.90. The van der Waals surface area contributed by atoms with Gasteiger partial charge in [-0.15, -0.1) is 0 Å². The van der Waals surface area contributed by atoms with Crippen molar-refractivity contribution in [3.63, 3.8) is 0 Å². The van der Waals surface area contributed by atoms with Crippen molar-refractivity contribution in [1.29, 1.82) is 0 Å². The number of aromatic nitrogens is 2. The fraction of sp³-hybridized carbons (Fsp3) is 0.400. The number of esters is 1. The van der Waals surface area contributed by atoms with Gasteiger partial charge in [0.1, 0.15) is 18.9 Å². The molecule has 0 aliphatic rings. The predicted octanol–water partition coefficient (Wildman–Crippen LogP) is 1.25. The zero-order chi connectivity index (χ0) is 21.2. The van der Waals surface area contributed by atoms with Crippen LogP contribution in [0, 0.1) is 5.92 Å². The first-order chi connectivity index (χ1) is 13.9. The van der Waals surface area contributed by atoms with Gasteiger partial charge in [-0.3, -0.25) is 9.59 Å². The van der Waals surface area contributed by atoms with Gasteiger partial charge in [0, 0.05) is 18.7 Å². The molecule has 0 bridgehead atoms. The Hall–Kier alpha value is -3.20. The molecule has 9 heteroatoms. The monoisotopic (exact) mass is 402 g/mol. The lowest BCUT2D eigenvalue weighted by Crippen LogP contribution is -2.42. The molecule has 2 atom stereocenters. The molecule has 156 valence electrons. The molecule has 1 aromatic carbocycles. The van der Waals surface area contributed by atoms with E-state index in [9.17, 15) is 14.4 Å². The number of rotatable bonds is 9. The Labute approximate surface area is 169 Å². The number of carbonyl (C=O) groups is 3. The number of nitrogens with two attached hydrogens (primary N) is 1. The molecule has 1 aromatic heterocycles. The molecular formula is C20H26N4O5. The summed E-state index contributed by atoms with van der Waals surface area (Å²) in [5, 5.41) is 2.78. The van der Waals surface area contributed by atoms with Gasteiger partial charge in [-0.2, -0.15) is 0 Å². The minimum atomic E-state index is -0.987. The summed E-state index contributed by atoms with van der Waals surface area (Å²) in [6, 6.07) is 8.91. The largest absolute Gasteiger partial charge is 0.460 e. The molecule has 0 fully saturated rings. The summed E-state index contributed by atoms with van der Waals surface area (Å²) < 4.78 is 11.1. The Morgan fingerprint density at radius 3 is 2.62 bits per heavy atom. The van der Waals surface area contributed by atoms with Crippen LogP contribution in [-0.2, 0) is 32.1 Å². The van der Waals surface area contributed by atoms with Crippen molar-refractivity contribution in [2.75, 3.05) is 13.7 Å². The zero-order valence-corrected chi connectivity index (χ0v) is 16.5. The van der Waals surface area contributed by atoms with Crippen LogP contribution in [0.15, 0.2) is 42.9 Å². The summed E-state index contributed by atoms with van der Waals surface area (Å²) in [6.45, 7) is 2.05. The molecule has 1 heterocycles. The molecule has 3 N–H and O–H groups in total. The number of ether oxygens (including phenoxy) is 2. The number of nitrogens with one attached hydrogen (secondary N) is 1. The molecule has 1 amide bonds. The third-order valence-corrected chi connectivity index (χ3v) is 4.21. The molecule has 0 radical (unpaired) electrons. The predicted molar refractivity (Wildman–Crippen MR) is 105 cm³/mol. The standard InChI is InChI=1S/C20H26N4O5/c1-14(10-16-11-24(13-22-16)20(27)28-2)23-18(25)17(8-9-21)19(26)29-12-15-6-4-3-5-7-15/h3-7,11,13-14,17H,8-10,12,21H2,1-2H3,(H,23,25)/t14-,17?/m1/s1. The fourth-order valence-electron chi connectivity index (χ4n) is 2.73. The molecule has 29 heavy (non-hydrogen) atoms. The number of methoxy groups -OCH3 is 1. The summed E-state index contributed by atoms with van der Waals surface area (Å²) in [6.07, 6.45) is 2.88. The molecule has 2 rings (SSSR count). The van der Waals surface area contributed by atoms with Crippen LogP contribution in [0.1, 0.15) is 24.6 Å². The third kappa shape index (κ3) is 6.72. The normalized spacial score (nSPS) is 12.7. The van der Waals surface area contributed by atoms with Gasteiger partial charge in [0.25, 0.3) is 0 Å². The Morgan fingerprint density at radius 1 is 1.24 bits per heavy atom. The fourth-order valence-corrected chi connectivity index (χ4v) is 2.73. The van der Waals surface area contributed by atoms with Crippen molar-refractivity contribution < 1.29 is 23.9 Å². The number of benzene rings is 1. The first-order valence-corrected chi connectivity index (χ1v) is 9.26. The van der Waals surface area contributed by atoms with E-state index >= 15 is 0 Å². The van der Waals surface area contributed by atoms with Crippen LogP contribution in [0.5, 0.6) is 0 Å². The maximum Gasteiger partial charge on any atom is 0.418 e. The Bertz CT molecular complexity index is 821. The van der Waals surface area contributed by atoms with E-state index in [2.05, 4.69) is 15.0 Å². The van der Waals surface area contributed by atoms with E-state index in [1.165, 1.54) is 24.2 Å². The molecule has 9 nitrogen and oxygen atoms in total. The first-order valence-electron chi connectivity index (χ1n) is 9.26. The highest BCUT2D eigenvalue weighted by molar-refractivity contribution is 5.97. The van der Waals surface area contributed by atoms with Gasteiger partial charge in [0.05, 0.1) is 12.8 Å². The van der Waals surface area contributed by atoms with Crippen LogP contribution in [0.2, 0.25) is 0 Å². The Kier molecular flexibility index (Phi) is 8.35. The molecule has 0 saturated heterocycles. The molecular weight excluding hydrogens is 376 g/mol. The van der Waals surface area contributed by atoms with Crippen molar-refractivity contribution >= 4 is 18.0 Å². The number of carbonyl (C=O) groups excluding carboxylic acids is 3.